The number of hydrogen-bond donors (Lipinski definition) is 3. The maximum atomic E-state index is 12.1. The normalized spacial score (nSPS) is 11.1. The summed E-state index contributed by atoms with van der Waals surface area (Å²) in [6.45, 7) is -0.0594. The van der Waals surface area contributed by atoms with Gasteiger partial charge in [0.25, 0.3) is 0 Å². The van der Waals surface area contributed by atoms with Gasteiger partial charge in [-0.2, -0.15) is 0 Å². The zero-order valence-electron chi connectivity index (χ0n) is 13.0. The molecule has 4 N–H and O–H groups in total. The monoisotopic (exact) mass is 381 g/mol. The Bertz CT molecular complexity index is 865. The summed E-state index contributed by atoms with van der Waals surface area (Å²) in [5.74, 6) is -0.930. The molecule has 0 heterocycles. The maximum absolute atomic E-state index is 12.1. The van der Waals surface area contributed by atoms with Crippen LogP contribution >= 0.6 is 11.6 Å². The molecule has 0 fully saturated rings. The van der Waals surface area contributed by atoms with E-state index in [1.807, 2.05) is 0 Å². The van der Waals surface area contributed by atoms with E-state index in [1.54, 1.807) is 0 Å². The van der Waals surface area contributed by atoms with E-state index in [1.165, 1.54) is 48.5 Å². The van der Waals surface area contributed by atoms with Crippen molar-refractivity contribution in [2.45, 2.75) is 11.3 Å². The third-order valence-electron chi connectivity index (χ3n) is 3.22. The third-order valence-corrected chi connectivity index (χ3v) is 4.95. The van der Waals surface area contributed by atoms with Gasteiger partial charge in [-0.25, -0.2) is 13.1 Å². The molecular formula is C16H16ClN3O4S. The van der Waals surface area contributed by atoms with Gasteiger partial charge in [-0.15, -0.1) is 0 Å². The molecule has 2 aromatic carbocycles. The van der Waals surface area contributed by atoms with Crippen LogP contribution in [0.3, 0.4) is 0 Å². The smallest absolute Gasteiger partial charge is 0.248 e. The summed E-state index contributed by atoms with van der Waals surface area (Å²) in [5, 5.41) is 3.03. The van der Waals surface area contributed by atoms with Crippen LogP contribution < -0.4 is 15.8 Å². The summed E-state index contributed by atoms with van der Waals surface area (Å²) < 4.78 is 26.5. The summed E-state index contributed by atoms with van der Waals surface area (Å²) in [6, 6.07) is 11.8. The molecule has 0 aliphatic rings. The minimum atomic E-state index is -3.70. The molecule has 0 bridgehead atoms. The first-order valence-corrected chi connectivity index (χ1v) is 9.09. The van der Waals surface area contributed by atoms with E-state index in [9.17, 15) is 18.0 Å². The van der Waals surface area contributed by atoms with Crippen molar-refractivity contribution in [3.05, 3.63) is 59.1 Å². The molecule has 2 aromatic rings. The number of nitrogens with two attached hydrogens (primary N) is 1. The molecule has 7 nitrogen and oxygen atoms in total. The molecule has 0 radical (unpaired) electrons. The van der Waals surface area contributed by atoms with Gasteiger partial charge in [-0.05, 0) is 48.5 Å². The Morgan fingerprint density at radius 2 is 1.60 bits per heavy atom. The molecule has 0 unspecified atom stereocenters. The number of nitrogens with one attached hydrogen (secondary N) is 2. The summed E-state index contributed by atoms with van der Waals surface area (Å²) in [5.41, 5.74) is 5.94. The number of carbonyl (C=O) groups excluding carboxylic acids is 2. The molecule has 2 amide bonds. The van der Waals surface area contributed by atoms with Crippen molar-refractivity contribution in [2.24, 2.45) is 5.73 Å². The first-order chi connectivity index (χ1) is 11.8. The first kappa shape index (κ1) is 18.9. The lowest BCUT2D eigenvalue weighted by molar-refractivity contribution is -0.116. The van der Waals surface area contributed by atoms with Crippen molar-refractivity contribution in [3.8, 4) is 0 Å². The van der Waals surface area contributed by atoms with Crippen LogP contribution in [0.15, 0.2) is 53.4 Å². The zero-order valence-corrected chi connectivity index (χ0v) is 14.6. The minimum Gasteiger partial charge on any atom is -0.366 e. The fourth-order valence-electron chi connectivity index (χ4n) is 1.94. The van der Waals surface area contributed by atoms with Crippen LogP contribution in [0.25, 0.3) is 0 Å². The molecule has 0 aliphatic heterocycles. The molecule has 25 heavy (non-hydrogen) atoms. The Labute approximate surface area is 150 Å². The number of halogens is 1. The Morgan fingerprint density at radius 1 is 1.00 bits per heavy atom. The molecular weight excluding hydrogens is 366 g/mol. The van der Waals surface area contributed by atoms with E-state index in [0.29, 0.717) is 16.3 Å². The van der Waals surface area contributed by atoms with Gasteiger partial charge < -0.3 is 11.1 Å². The SMILES string of the molecule is NC(=O)c1ccc(NC(=O)CCNS(=O)(=O)c2ccc(Cl)cc2)cc1. The van der Waals surface area contributed by atoms with Crippen LogP contribution in [-0.4, -0.2) is 26.8 Å². The summed E-state index contributed by atoms with van der Waals surface area (Å²) in [4.78, 5) is 22.9. The number of primary amides is 1. The molecule has 0 atom stereocenters. The zero-order chi connectivity index (χ0) is 18.4. The minimum absolute atomic E-state index is 0.0512. The lowest BCUT2D eigenvalue weighted by atomic mass is 10.2. The van der Waals surface area contributed by atoms with E-state index in [-0.39, 0.29) is 23.8 Å². The largest absolute Gasteiger partial charge is 0.366 e. The van der Waals surface area contributed by atoms with Gasteiger partial charge in [0.2, 0.25) is 21.8 Å². The number of hydrogen-bond acceptors (Lipinski definition) is 4. The number of rotatable bonds is 7. The second-order valence-electron chi connectivity index (χ2n) is 5.09. The van der Waals surface area contributed by atoms with Gasteiger partial charge in [0.1, 0.15) is 0 Å². The Hall–Kier alpha value is -2.42. The highest BCUT2D eigenvalue weighted by Gasteiger charge is 2.14. The molecule has 9 heteroatoms. The molecule has 0 spiro atoms. The second-order valence-corrected chi connectivity index (χ2v) is 7.29. The average Bonchev–Trinajstić information content (AvgIpc) is 2.55. The average molecular weight is 382 g/mol. The van der Waals surface area contributed by atoms with Crippen LogP contribution in [0.4, 0.5) is 5.69 Å². The van der Waals surface area contributed by atoms with E-state index >= 15 is 0 Å². The Morgan fingerprint density at radius 3 is 2.16 bits per heavy atom. The van der Waals surface area contributed by atoms with E-state index in [2.05, 4.69) is 10.0 Å². The second kappa shape index (κ2) is 8.11. The maximum Gasteiger partial charge on any atom is 0.248 e. The van der Waals surface area contributed by atoms with E-state index in [0.717, 1.165) is 0 Å². The fourth-order valence-corrected chi connectivity index (χ4v) is 3.10. The Balaban J connectivity index is 1.85. The first-order valence-electron chi connectivity index (χ1n) is 7.23. The van der Waals surface area contributed by atoms with Crippen LogP contribution in [0.5, 0.6) is 0 Å². The lowest BCUT2D eigenvalue weighted by Gasteiger charge is -2.08. The molecule has 0 aromatic heterocycles. The Kier molecular flexibility index (Phi) is 6.13. The summed E-state index contributed by atoms with van der Waals surface area (Å²) in [7, 11) is -3.70. The van der Waals surface area contributed by atoms with Crippen molar-refractivity contribution in [3.63, 3.8) is 0 Å². The van der Waals surface area contributed by atoms with E-state index in [4.69, 9.17) is 17.3 Å². The summed E-state index contributed by atoms with van der Waals surface area (Å²) >= 11 is 5.72. The molecule has 0 saturated carbocycles. The number of benzene rings is 2. The molecule has 0 saturated heterocycles. The van der Waals surface area contributed by atoms with E-state index < -0.39 is 15.9 Å². The quantitative estimate of drug-likeness (QED) is 0.676. The molecule has 2 rings (SSSR count). The van der Waals surface area contributed by atoms with Crippen LogP contribution in [0, 0.1) is 0 Å². The van der Waals surface area contributed by atoms with Crippen molar-refractivity contribution in [2.75, 3.05) is 11.9 Å². The topological polar surface area (TPSA) is 118 Å². The standard InChI is InChI=1S/C16H16ClN3O4S/c17-12-3-7-14(8-4-12)25(23,24)19-10-9-15(21)20-13-5-1-11(2-6-13)16(18)22/h1-8,19H,9-10H2,(H2,18,22)(H,20,21). The summed E-state index contributed by atoms with van der Waals surface area (Å²) in [6.07, 6.45) is -0.0512. The predicted octanol–water partition coefficient (Wildman–Crippen LogP) is 1.75. The number of anilines is 1. The third kappa shape index (κ3) is 5.56. The van der Waals surface area contributed by atoms with Crippen molar-refractivity contribution in [1.82, 2.24) is 4.72 Å². The predicted molar refractivity (Wildman–Crippen MR) is 94.8 cm³/mol. The fraction of sp³-hybridized carbons (Fsp3) is 0.125. The van der Waals surface area contributed by atoms with Crippen LogP contribution in [0.2, 0.25) is 5.02 Å². The van der Waals surface area contributed by atoms with Gasteiger partial charge in [0.15, 0.2) is 0 Å². The van der Waals surface area contributed by atoms with Gasteiger partial charge in [-0.1, -0.05) is 11.6 Å². The highest BCUT2D eigenvalue weighted by molar-refractivity contribution is 7.89. The number of sulfonamides is 1. The highest BCUT2D eigenvalue weighted by atomic mass is 35.5. The van der Waals surface area contributed by atoms with Gasteiger partial charge >= 0.3 is 0 Å². The van der Waals surface area contributed by atoms with Crippen molar-refractivity contribution in [1.29, 1.82) is 0 Å². The van der Waals surface area contributed by atoms with Crippen LogP contribution in [0.1, 0.15) is 16.8 Å². The van der Waals surface area contributed by atoms with Crippen LogP contribution in [-0.2, 0) is 14.8 Å². The molecule has 132 valence electrons. The van der Waals surface area contributed by atoms with Crippen molar-refractivity contribution < 1.29 is 18.0 Å². The molecule has 0 aliphatic carbocycles. The number of carbonyl (C=O) groups is 2. The highest BCUT2D eigenvalue weighted by Crippen LogP contribution is 2.14. The van der Waals surface area contributed by atoms with Crippen molar-refractivity contribution >= 4 is 39.1 Å². The van der Waals surface area contributed by atoms with Gasteiger partial charge in [0, 0.05) is 29.2 Å². The lowest BCUT2D eigenvalue weighted by Crippen LogP contribution is -2.27. The van der Waals surface area contributed by atoms with Gasteiger partial charge in [-0.3, -0.25) is 9.59 Å². The number of amides is 2. The van der Waals surface area contributed by atoms with Gasteiger partial charge in [0.05, 0.1) is 4.90 Å².